The molecule has 1 atom stereocenters. The zero-order chi connectivity index (χ0) is 9.61. The van der Waals surface area contributed by atoms with E-state index in [1.807, 2.05) is 13.8 Å². The van der Waals surface area contributed by atoms with Gasteiger partial charge in [-0.3, -0.25) is 5.32 Å². The molecule has 0 saturated heterocycles. The number of hydrogen-bond donors (Lipinski definition) is 3. The highest BCUT2D eigenvalue weighted by atomic mass is 32.1. The van der Waals surface area contributed by atoms with E-state index in [2.05, 4.69) is 17.9 Å². The maximum Gasteiger partial charge on any atom is 0.102 e. The summed E-state index contributed by atoms with van der Waals surface area (Å²) in [6, 6.07) is 0. The van der Waals surface area contributed by atoms with Gasteiger partial charge in [0, 0.05) is 12.3 Å². The van der Waals surface area contributed by atoms with Crippen molar-refractivity contribution in [1.29, 1.82) is 0 Å². The summed E-state index contributed by atoms with van der Waals surface area (Å²) < 4.78 is 5.48. The lowest BCUT2D eigenvalue weighted by atomic mass is 10.2. The summed E-state index contributed by atoms with van der Waals surface area (Å²) in [7, 11) is 0. The molecule has 0 rings (SSSR count). The summed E-state index contributed by atoms with van der Waals surface area (Å²) in [5.41, 5.74) is -0.177. The van der Waals surface area contributed by atoms with E-state index in [1.54, 1.807) is 6.92 Å². The van der Waals surface area contributed by atoms with E-state index in [-0.39, 0.29) is 5.60 Å². The Hall–Kier alpha value is 0.230. The van der Waals surface area contributed by atoms with Crippen LogP contribution in [0, 0.1) is 0 Å². The highest BCUT2D eigenvalue weighted by molar-refractivity contribution is 7.80. The van der Waals surface area contributed by atoms with Gasteiger partial charge < -0.3 is 9.84 Å². The Morgan fingerprint density at radius 1 is 1.58 bits per heavy atom. The summed E-state index contributed by atoms with van der Waals surface area (Å²) in [4.78, 5) is 0. The predicted molar refractivity (Wildman–Crippen MR) is 53.6 cm³/mol. The van der Waals surface area contributed by atoms with Gasteiger partial charge >= 0.3 is 0 Å². The van der Waals surface area contributed by atoms with Crippen LogP contribution in [-0.4, -0.2) is 35.8 Å². The van der Waals surface area contributed by atoms with Crippen molar-refractivity contribution in [3.05, 3.63) is 0 Å². The Morgan fingerprint density at radius 3 is 2.58 bits per heavy atom. The standard InChI is InChI=1S/C8H19NO2S/c1-7(10)9-4-5-11-8(2,3)6-12/h7,9-10,12H,4-6H2,1-3H3. The first-order chi connectivity index (χ1) is 5.48. The van der Waals surface area contributed by atoms with Gasteiger partial charge in [0.25, 0.3) is 0 Å². The minimum atomic E-state index is -0.465. The van der Waals surface area contributed by atoms with Gasteiger partial charge in [-0.25, -0.2) is 0 Å². The van der Waals surface area contributed by atoms with E-state index >= 15 is 0 Å². The monoisotopic (exact) mass is 193 g/mol. The van der Waals surface area contributed by atoms with Crippen molar-refractivity contribution >= 4 is 12.6 Å². The van der Waals surface area contributed by atoms with E-state index in [4.69, 9.17) is 9.84 Å². The Bertz CT molecular complexity index is 118. The molecule has 3 nitrogen and oxygen atoms in total. The van der Waals surface area contributed by atoms with Gasteiger partial charge in [-0.1, -0.05) is 0 Å². The number of nitrogens with one attached hydrogen (secondary N) is 1. The lowest BCUT2D eigenvalue weighted by Gasteiger charge is -2.23. The molecule has 0 radical (unpaired) electrons. The average Bonchev–Trinajstić information content (AvgIpc) is 1.98. The molecule has 12 heavy (non-hydrogen) atoms. The van der Waals surface area contributed by atoms with Crippen molar-refractivity contribution < 1.29 is 9.84 Å². The number of rotatable bonds is 6. The zero-order valence-corrected chi connectivity index (χ0v) is 8.90. The van der Waals surface area contributed by atoms with Gasteiger partial charge in [-0.05, 0) is 20.8 Å². The minimum absolute atomic E-state index is 0.177. The molecule has 0 aromatic rings. The average molecular weight is 193 g/mol. The first-order valence-corrected chi connectivity index (χ1v) is 4.77. The third-order valence-corrected chi connectivity index (χ3v) is 2.18. The molecule has 0 aliphatic carbocycles. The van der Waals surface area contributed by atoms with Crippen LogP contribution in [0.4, 0.5) is 0 Å². The summed E-state index contributed by atoms with van der Waals surface area (Å²) >= 11 is 4.15. The number of aliphatic hydroxyl groups is 1. The maximum absolute atomic E-state index is 8.86. The number of aliphatic hydroxyl groups excluding tert-OH is 1. The maximum atomic E-state index is 8.86. The predicted octanol–water partition coefficient (Wildman–Crippen LogP) is 0.639. The molecule has 0 saturated carbocycles. The van der Waals surface area contributed by atoms with Crippen molar-refractivity contribution in [1.82, 2.24) is 5.32 Å². The van der Waals surface area contributed by atoms with E-state index in [0.29, 0.717) is 18.9 Å². The SMILES string of the molecule is CC(O)NCCOC(C)(C)CS. The van der Waals surface area contributed by atoms with Crippen LogP contribution in [0.5, 0.6) is 0 Å². The zero-order valence-electron chi connectivity index (χ0n) is 8.00. The van der Waals surface area contributed by atoms with E-state index < -0.39 is 6.23 Å². The Kier molecular flexibility index (Phi) is 5.92. The molecule has 1 unspecified atom stereocenters. The fourth-order valence-corrected chi connectivity index (χ4v) is 0.732. The molecule has 0 aliphatic rings. The lowest BCUT2D eigenvalue weighted by Crippen LogP contribution is -2.33. The van der Waals surface area contributed by atoms with Crippen LogP contribution in [0.3, 0.4) is 0 Å². The Morgan fingerprint density at radius 2 is 2.17 bits per heavy atom. The third kappa shape index (κ3) is 6.91. The van der Waals surface area contributed by atoms with Crippen molar-refractivity contribution in [2.75, 3.05) is 18.9 Å². The van der Waals surface area contributed by atoms with E-state index in [1.165, 1.54) is 0 Å². The Labute approximate surface area is 79.9 Å². The summed E-state index contributed by atoms with van der Waals surface area (Å²) in [6.45, 7) is 6.92. The van der Waals surface area contributed by atoms with Crippen molar-refractivity contribution in [2.24, 2.45) is 0 Å². The molecule has 0 bridgehead atoms. The lowest BCUT2D eigenvalue weighted by molar-refractivity contribution is -0.00169. The molecule has 0 aromatic heterocycles. The molecule has 0 spiro atoms. The van der Waals surface area contributed by atoms with E-state index in [0.717, 1.165) is 0 Å². The molecule has 74 valence electrons. The number of ether oxygens (including phenoxy) is 1. The molecule has 0 fully saturated rings. The molecule has 0 amide bonds. The van der Waals surface area contributed by atoms with Crippen LogP contribution < -0.4 is 5.32 Å². The minimum Gasteiger partial charge on any atom is -0.379 e. The van der Waals surface area contributed by atoms with Crippen LogP contribution in [0.1, 0.15) is 20.8 Å². The smallest absolute Gasteiger partial charge is 0.102 e. The number of hydrogen-bond acceptors (Lipinski definition) is 4. The molecule has 2 N–H and O–H groups in total. The van der Waals surface area contributed by atoms with Crippen molar-refractivity contribution in [3.8, 4) is 0 Å². The third-order valence-electron chi connectivity index (χ3n) is 1.42. The number of thiol groups is 1. The summed E-state index contributed by atoms with van der Waals surface area (Å²) in [5.74, 6) is 0.696. The van der Waals surface area contributed by atoms with Crippen LogP contribution in [-0.2, 0) is 4.74 Å². The highest BCUT2D eigenvalue weighted by Crippen LogP contribution is 2.09. The fourth-order valence-electron chi connectivity index (χ4n) is 0.641. The molecular weight excluding hydrogens is 174 g/mol. The highest BCUT2D eigenvalue weighted by Gasteiger charge is 2.14. The van der Waals surface area contributed by atoms with Gasteiger partial charge in [0.2, 0.25) is 0 Å². The molecule has 4 heteroatoms. The van der Waals surface area contributed by atoms with Gasteiger partial charge in [0.1, 0.15) is 6.23 Å². The van der Waals surface area contributed by atoms with Crippen molar-refractivity contribution in [3.63, 3.8) is 0 Å². The summed E-state index contributed by atoms with van der Waals surface area (Å²) in [6.07, 6.45) is -0.465. The second-order valence-corrected chi connectivity index (χ2v) is 3.71. The van der Waals surface area contributed by atoms with Crippen LogP contribution >= 0.6 is 12.6 Å². The first kappa shape index (κ1) is 12.2. The van der Waals surface area contributed by atoms with Gasteiger partial charge in [0.05, 0.1) is 12.2 Å². The van der Waals surface area contributed by atoms with E-state index in [9.17, 15) is 0 Å². The molecular formula is C8H19NO2S. The molecule has 0 heterocycles. The largest absolute Gasteiger partial charge is 0.379 e. The normalized spacial score (nSPS) is 14.8. The quantitative estimate of drug-likeness (QED) is 0.329. The Balaban J connectivity index is 3.31. The van der Waals surface area contributed by atoms with Crippen LogP contribution in [0.15, 0.2) is 0 Å². The van der Waals surface area contributed by atoms with Gasteiger partial charge in [0.15, 0.2) is 0 Å². The van der Waals surface area contributed by atoms with Gasteiger partial charge in [-0.15, -0.1) is 0 Å². The second kappa shape index (κ2) is 5.80. The van der Waals surface area contributed by atoms with Crippen LogP contribution in [0.25, 0.3) is 0 Å². The fraction of sp³-hybridized carbons (Fsp3) is 1.00. The van der Waals surface area contributed by atoms with Crippen LogP contribution in [0.2, 0.25) is 0 Å². The second-order valence-electron chi connectivity index (χ2n) is 3.40. The molecule has 0 aromatic carbocycles. The first-order valence-electron chi connectivity index (χ1n) is 4.14. The van der Waals surface area contributed by atoms with Gasteiger partial charge in [-0.2, -0.15) is 12.6 Å². The summed E-state index contributed by atoms with van der Waals surface area (Å²) in [5, 5.41) is 11.7. The topological polar surface area (TPSA) is 41.5 Å². The van der Waals surface area contributed by atoms with Crippen molar-refractivity contribution in [2.45, 2.75) is 32.6 Å². The molecule has 0 aliphatic heterocycles.